The van der Waals surface area contributed by atoms with Crippen LogP contribution in [0, 0.1) is 0 Å². The average Bonchev–Trinajstić information content (AvgIpc) is 2.36. The fourth-order valence-electron chi connectivity index (χ4n) is 1.37. The van der Waals surface area contributed by atoms with E-state index in [2.05, 4.69) is 9.47 Å². The van der Waals surface area contributed by atoms with Crippen molar-refractivity contribution in [2.75, 3.05) is 20.7 Å². The largest absolute Gasteiger partial charge is 0.573 e. The summed E-state index contributed by atoms with van der Waals surface area (Å²) in [5.41, 5.74) is 0. The number of nitrogens with zero attached hydrogens (tertiary/aromatic N) is 1. The number of halogens is 3. The Kier molecular flexibility index (Phi) is 5.18. The number of hydrogen-bond donors (Lipinski definition) is 0. The molecule has 0 aliphatic heterocycles. The maximum Gasteiger partial charge on any atom is 0.573 e. The highest BCUT2D eigenvalue weighted by Gasteiger charge is 2.35. The number of alkyl halides is 3. The summed E-state index contributed by atoms with van der Waals surface area (Å²) in [6.07, 6.45) is -5.04. The monoisotopic (exact) mass is 327 g/mol. The highest BCUT2D eigenvalue weighted by atomic mass is 32.2. The summed E-state index contributed by atoms with van der Waals surface area (Å²) >= 11 is 0. The summed E-state index contributed by atoms with van der Waals surface area (Å²) in [5, 5.41) is 0. The van der Waals surface area contributed by atoms with Gasteiger partial charge in [0.15, 0.2) is 0 Å². The van der Waals surface area contributed by atoms with Crippen molar-refractivity contribution in [2.24, 2.45) is 0 Å². The predicted octanol–water partition coefficient (Wildman–Crippen LogP) is 1.38. The lowest BCUT2D eigenvalue weighted by Gasteiger charge is -2.18. The predicted molar refractivity (Wildman–Crippen MR) is 65.0 cm³/mol. The summed E-state index contributed by atoms with van der Waals surface area (Å²) in [4.78, 5) is 10.4. The Morgan fingerprint density at radius 2 is 1.86 bits per heavy atom. The number of benzene rings is 1. The second-order valence-corrected chi connectivity index (χ2v) is 5.85. The van der Waals surface area contributed by atoms with Gasteiger partial charge in [-0.25, -0.2) is 8.42 Å². The molecule has 6 nitrogen and oxygen atoms in total. The van der Waals surface area contributed by atoms with Crippen LogP contribution in [0.15, 0.2) is 29.2 Å². The Hall–Kier alpha value is -1.81. The number of sulfonamides is 1. The van der Waals surface area contributed by atoms with E-state index < -0.39 is 39.5 Å². The minimum absolute atomic E-state index is 0.567. The molecule has 0 bridgehead atoms. The molecule has 10 heteroatoms. The molecule has 0 atom stereocenters. The summed E-state index contributed by atoms with van der Waals surface area (Å²) in [5.74, 6) is -1.72. The van der Waals surface area contributed by atoms with Crippen molar-refractivity contribution >= 4 is 16.0 Å². The number of methoxy groups -OCH3 is 1. The van der Waals surface area contributed by atoms with Crippen LogP contribution in [0.1, 0.15) is 0 Å². The van der Waals surface area contributed by atoms with Crippen molar-refractivity contribution in [3.05, 3.63) is 24.3 Å². The van der Waals surface area contributed by atoms with Crippen LogP contribution in [0.2, 0.25) is 0 Å². The molecule has 1 aromatic carbocycles. The van der Waals surface area contributed by atoms with E-state index in [0.717, 1.165) is 26.3 Å². The maximum atomic E-state index is 12.3. The maximum absolute atomic E-state index is 12.3. The van der Waals surface area contributed by atoms with Crippen molar-refractivity contribution in [1.29, 1.82) is 0 Å². The quantitative estimate of drug-likeness (QED) is 0.764. The number of carbonyl (C=O) groups excluding carboxylic acids is 1. The summed E-state index contributed by atoms with van der Waals surface area (Å²) < 4.78 is 69.7. The first-order chi connectivity index (χ1) is 9.58. The standard InChI is InChI=1S/C11H12F3NO5S/c1-15(7-10(16)19-2)21(17,18)9-6-4-3-5-8(9)20-11(12,13)14/h3-6H,7H2,1-2H3. The fraction of sp³-hybridized carbons (Fsp3) is 0.364. The van der Waals surface area contributed by atoms with Gasteiger partial charge in [0.1, 0.15) is 17.2 Å². The lowest BCUT2D eigenvalue weighted by Crippen LogP contribution is -2.33. The number of esters is 1. The molecule has 0 saturated carbocycles. The minimum Gasteiger partial charge on any atom is -0.468 e. The highest BCUT2D eigenvalue weighted by molar-refractivity contribution is 7.89. The first-order valence-corrected chi connectivity index (χ1v) is 6.90. The Morgan fingerprint density at radius 1 is 1.29 bits per heavy atom. The fourth-order valence-corrected chi connectivity index (χ4v) is 2.60. The van der Waals surface area contributed by atoms with Gasteiger partial charge in [0.25, 0.3) is 0 Å². The molecular weight excluding hydrogens is 315 g/mol. The van der Waals surface area contributed by atoms with E-state index in [0.29, 0.717) is 4.31 Å². The van der Waals surface area contributed by atoms with Gasteiger partial charge in [-0.15, -0.1) is 13.2 Å². The van der Waals surface area contributed by atoms with Gasteiger partial charge in [-0.2, -0.15) is 4.31 Å². The molecule has 0 heterocycles. The molecular formula is C11H12F3NO5S. The zero-order valence-electron chi connectivity index (χ0n) is 11.0. The van der Waals surface area contributed by atoms with E-state index >= 15 is 0 Å². The smallest absolute Gasteiger partial charge is 0.468 e. The van der Waals surface area contributed by atoms with Crippen LogP contribution >= 0.6 is 0 Å². The molecule has 0 aromatic heterocycles. The van der Waals surface area contributed by atoms with Crippen LogP contribution in [0.3, 0.4) is 0 Å². The Bertz CT molecular complexity index is 615. The van der Waals surface area contributed by atoms with Gasteiger partial charge < -0.3 is 9.47 Å². The van der Waals surface area contributed by atoms with Crippen LogP contribution in [0.4, 0.5) is 13.2 Å². The lowest BCUT2D eigenvalue weighted by atomic mass is 10.3. The third-order valence-corrected chi connectivity index (χ3v) is 4.19. The van der Waals surface area contributed by atoms with E-state index in [-0.39, 0.29) is 0 Å². The summed E-state index contributed by atoms with van der Waals surface area (Å²) in [6.45, 7) is -0.640. The Morgan fingerprint density at radius 3 is 2.38 bits per heavy atom. The SMILES string of the molecule is COC(=O)CN(C)S(=O)(=O)c1ccccc1OC(F)(F)F. The van der Waals surface area contributed by atoms with Gasteiger partial charge in [0, 0.05) is 7.05 Å². The molecule has 0 amide bonds. The molecule has 0 fully saturated rings. The van der Waals surface area contributed by atoms with E-state index in [9.17, 15) is 26.4 Å². The van der Waals surface area contributed by atoms with Crippen molar-refractivity contribution in [2.45, 2.75) is 11.3 Å². The Balaban J connectivity index is 3.17. The second kappa shape index (κ2) is 6.31. The van der Waals surface area contributed by atoms with Gasteiger partial charge in [0.2, 0.25) is 10.0 Å². The first-order valence-electron chi connectivity index (χ1n) is 5.46. The number of carbonyl (C=O) groups is 1. The first kappa shape index (κ1) is 17.2. The lowest BCUT2D eigenvalue weighted by molar-refractivity contribution is -0.275. The van der Waals surface area contributed by atoms with E-state index in [1.807, 2.05) is 0 Å². The number of rotatable bonds is 5. The number of hydrogen-bond acceptors (Lipinski definition) is 5. The molecule has 1 aromatic rings. The topological polar surface area (TPSA) is 72.9 Å². The summed E-state index contributed by atoms with van der Waals surface area (Å²) in [6, 6.07) is 4.25. The normalized spacial score (nSPS) is 12.3. The van der Waals surface area contributed by atoms with Gasteiger partial charge in [0.05, 0.1) is 7.11 Å². The minimum atomic E-state index is -5.04. The average molecular weight is 327 g/mol. The van der Waals surface area contributed by atoms with Crippen LogP contribution in [-0.2, 0) is 19.6 Å². The van der Waals surface area contributed by atoms with Crippen molar-refractivity contribution in [3.63, 3.8) is 0 Å². The van der Waals surface area contributed by atoms with Crippen LogP contribution in [-0.4, -0.2) is 45.8 Å². The van der Waals surface area contributed by atoms with Gasteiger partial charge in [-0.1, -0.05) is 12.1 Å². The van der Waals surface area contributed by atoms with Crippen LogP contribution in [0.25, 0.3) is 0 Å². The Labute approximate surface area is 119 Å². The highest BCUT2D eigenvalue weighted by Crippen LogP contribution is 2.30. The second-order valence-electron chi connectivity index (χ2n) is 3.83. The molecule has 0 aliphatic carbocycles. The third-order valence-electron chi connectivity index (χ3n) is 2.34. The molecule has 0 spiro atoms. The van der Waals surface area contributed by atoms with Crippen molar-refractivity contribution < 1.29 is 35.9 Å². The van der Waals surface area contributed by atoms with E-state index in [4.69, 9.17) is 0 Å². The zero-order chi connectivity index (χ0) is 16.3. The van der Waals surface area contributed by atoms with Crippen LogP contribution in [0.5, 0.6) is 5.75 Å². The number of para-hydroxylation sites is 1. The van der Waals surface area contributed by atoms with Crippen LogP contribution < -0.4 is 4.74 Å². The van der Waals surface area contributed by atoms with Gasteiger partial charge in [-0.3, -0.25) is 4.79 Å². The zero-order valence-corrected chi connectivity index (χ0v) is 11.9. The van der Waals surface area contributed by atoms with Crippen molar-refractivity contribution in [1.82, 2.24) is 4.31 Å². The number of ether oxygens (including phenoxy) is 2. The molecule has 118 valence electrons. The van der Waals surface area contributed by atoms with Gasteiger partial charge >= 0.3 is 12.3 Å². The van der Waals surface area contributed by atoms with Crippen molar-refractivity contribution in [3.8, 4) is 5.75 Å². The van der Waals surface area contributed by atoms with E-state index in [1.54, 1.807) is 0 Å². The molecule has 0 N–H and O–H groups in total. The molecule has 0 unspecified atom stereocenters. The molecule has 0 saturated heterocycles. The molecule has 21 heavy (non-hydrogen) atoms. The van der Waals surface area contributed by atoms with E-state index in [1.165, 1.54) is 12.1 Å². The number of likely N-dealkylation sites (N-methyl/N-ethyl adjacent to an activating group) is 1. The third kappa shape index (κ3) is 4.60. The molecule has 1 rings (SSSR count). The molecule has 0 radical (unpaired) electrons. The van der Waals surface area contributed by atoms with Gasteiger partial charge in [-0.05, 0) is 12.1 Å². The summed E-state index contributed by atoms with van der Waals surface area (Å²) in [7, 11) is -2.24. The molecule has 0 aliphatic rings.